The third-order valence-corrected chi connectivity index (χ3v) is 5.47. The highest BCUT2D eigenvalue weighted by Crippen LogP contribution is 2.32. The molecular formula is C19H21ClFN3O2S. The van der Waals surface area contributed by atoms with Crippen LogP contribution in [0.15, 0.2) is 23.6 Å². The first-order valence-corrected chi connectivity index (χ1v) is 10.1. The molecule has 5 nitrogen and oxygen atoms in total. The third-order valence-electron chi connectivity index (χ3n) is 4.22. The summed E-state index contributed by atoms with van der Waals surface area (Å²) in [5.41, 5.74) is 0.187. The van der Waals surface area contributed by atoms with Crippen LogP contribution in [0.4, 0.5) is 10.1 Å². The molecule has 144 valence electrons. The van der Waals surface area contributed by atoms with Gasteiger partial charge in [0.05, 0.1) is 16.8 Å². The molecule has 0 radical (unpaired) electrons. The molecule has 0 saturated heterocycles. The Bertz CT molecular complexity index is 851. The van der Waals surface area contributed by atoms with Crippen LogP contribution in [0, 0.1) is 17.7 Å². The Morgan fingerprint density at radius 1 is 1.37 bits per heavy atom. The molecule has 1 fully saturated rings. The zero-order chi connectivity index (χ0) is 19.6. The molecule has 0 unspecified atom stereocenters. The number of nitrogens with one attached hydrogen (secondary N) is 2. The van der Waals surface area contributed by atoms with Gasteiger partial charge in [0.25, 0.3) is 5.91 Å². The molecule has 1 atom stereocenters. The van der Waals surface area contributed by atoms with Gasteiger partial charge >= 0.3 is 0 Å². The minimum absolute atomic E-state index is 0.00261. The van der Waals surface area contributed by atoms with Crippen LogP contribution in [0.2, 0.25) is 5.02 Å². The van der Waals surface area contributed by atoms with E-state index in [4.69, 9.17) is 11.6 Å². The second-order valence-corrected chi connectivity index (χ2v) is 8.39. The van der Waals surface area contributed by atoms with Crippen molar-refractivity contribution in [1.29, 1.82) is 0 Å². The maximum Gasteiger partial charge on any atom is 0.275 e. The lowest BCUT2D eigenvalue weighted by Gasteiger charge is -2.18. The Morgan fingerprint density at radius 2 is 2.11 bits per heavy atom. The van der Waals surface area contributed by atoms with Crippen molar-refractivity contribution in [3.8, 4) is 0 Å². The van der Waals surface area contributed by atoms with Gasteiger partial charge in [-0.25, -0.2) is 9.37 Å². The summed E-state index contributed by atoms with van der Waals surface area (Å²) in [6.45, 7) is 4.14. The molecule has 27 heavy (non-hydrogen) atoms. The summed E-state index contributed by atoms with van der Waals surface area (Å²) in [4.78, 5) is 28.9. The maximum absolute atomic E-state index is 14.0. The molecule has 1 aliphatic rings. The fourth-order valence-electron chi connectivity index (χ4n) is 2.67. The number of benzene rings is 1. The third kappa shape index (κ3) is 5.05. The van der Waals surface area contributed by atoms with Crippen molar-refractivity contribution in [1.82, 2.24) is 10.3 Å². The van der Waals surface area contributed by atoms with Gasteiger partial charge in [-0.1, -0.05) is 31.5 Å². The fraction of sp³-hybridized carbons (Fsp3) is 0.421. The van der Waals surface area contributed by atoms with Crippen LogP contribution in [-0.2, 0) is 4.79 Å². The van der Waals surface area contributed by atoms with Crippen molar-refractivity contribution >= 4 is 40.4 Å². The number of anilines is 1. The van der Waals surface area contributed by atoms with Gasteiger partial charge < -0.3 is 10.6 Å². The standard InChI is InChI=1S/C19H21ClFN3O2S/c1-10(2)8-14(23-17(25)11-6-7-11)19-24-15(9-27-19)18(26)22-13-5-3-4-12(20)16(13)21/h3-5,9-11,14H,6-8H2,1-2H3,(H,22,26)(H,23,25)/t14-/m0/s1. The van der Waals surface area contributed by atoms with Crippen molar-refractivity contribution in [2.45, 2.75) is 39.2 Å². The van der Waals surface area contributed by atoms with E-state index in [1.165, 1.54) is 23.5 Å². The van der Waals surface area contributed by atoms with Crippen LogP contribution < -0.4 is 10.6 Å². The number of hydrogen-bond acceptors (Lipinski definition) is 4. The Hall–Kier alpha value is -1.99. The predicted octanol–water partition coefficient (Wildman–Crippen LogP) is 4.80. The zero-order valence-electron chi connectivity index (χ0n) is 15.1. The number of halogens is 2. The van der Waals surface area contributed by atoms with Crippen LogP contribution in [0.5, 0.6) is 0 Å². The summed E-state index contributed by atoms with van der Waals surface area (Å²) in [6, 6.07) is 4.17. The average molecular weight is 410 g/mol. The number of carbonyl (C=O) groups excluding carboxylic acids is 2. The first-order chi connectivity index (χ1) is 12.8. The lowest BCUT2D eigenvalue weighted by atomic mass is 10.0. The molecule has 3 rings (SSSR count). The van der Waals surface area contributed by atoms with Crippen molar-refractivity contribution in [3.05, 3.63) is 45.1 Å². The Kier molecular flexibility index (Phi) is 6.11. The Morgan fingerprint density at radius 3 is 2.78 bits per heavy atom. The highest BCUT2D eigenvalue weighted by molar-refractivity contribution is 7.10. The monoisotopic (exact) mass is 409 g/mol. The molecule has 1 saturated carbocycles. The fourth-order valence-corrected chi connectivity index (χ4v) is 3.70. The van der Waals surface area contributed by atoms with Gasteiger partial charge in [0, 0.05) is 11.3 Å². The van der Waals surface area contributed by atoms with Crippen LogP contribution in [0.25, 0.3) is 0 Å². The van der Waals surface area contributed by atoms with Gasteiger partial charge in [0.2, 0.25) is 5.91 Å². The summed E-state index contributed by atoms with van der Waals surface area (Å²) < 4.78 is 14.0. The highest BCUT2D eigenvalue weighted by Gasteiger charge is 2.32. The largest absolute Gasteiger partial charge is 0.347 e. The number of aromatic nitrogens is 1. The number of amides is 2. The van der Waals surface area contributed by atoms with E-state index in [-0.39, 0.29) is 34.3 Å². The second-order valence-electron chi connectivity index (χ2n) is 7.09. The van der Waals surface area contributed by atoms with Gasteiger partial charge in [0.15, 0.2) is 5.82 Å². The summed E-state index contributed by atoms with van der Waals surface area (Å²) in [6.07, 6.45) is 2.59. The predicted molar refractivity (Wildman–Crippen MR) is 105 cm³/mol. The molecule has 2 amide bonds. The number of thiazole rings is 1. The number of carbonyl (C=O) groups is 2. The van der Waals surface area contributed by atoms with Crippen molar-refractivity contribution < 1.29 is 14.0 Å². The summed E-state index contributed by atoms with van der Waals surface area (Å²) >= 11 is 7.05. The van der Waals surface area contributed by atoms with Crippen molar-refractivity contribution in [3.63, 3.8) is 0 Å². The molecule has 0 bridgehead atoms. The number of nitrogens with zero attached hydrogens (tertiary/aromatic N) is 1. The van der Waals surface area contributed by atoms with E-state index in [9.17, 15) is 14.0 Å². The maximum atomic E-state index is 14.0. The summed E-state index contributed by atoms with van der Waals surface area (Å²) in [7, 11) is 0. The van der Waals surface area contributed by atoms with E-state index in [0.717, 1.165) is 19.3 Å². The van der Waals surface area contributed by atoms with Crippen LogP contribution in [-0.4, -0.2) is 16.8 Å². The van der Waals surface area contributed by atoms with E-state index in [1.807, 2.05) is 0 Å². The molecule has 1 aromatic heterocycles. The van der Waals surface area contributed by atoms with E-state index < -0.39 is 11.7 Å². The van der Waals surface area contributed by atoms with Crippen LogP contribution in [0.1, 0.15) is 54.6 Å². The average Bonchev–Trinajstić information content (AvgIpc) is 3.34. The van der Waals surface area contributed by atoms with Crippen LogP contribution >= 0.6 is 22.9 Å². The topological polar surface area (TPSA) is 71.1 Å². The minimum Gasteiger partial charge on any atom is -0.347 e. The van der Waals surface area contributed by atoms with Gasteiger partial charge in [-0.05, 0) is 37.3 Å². The molecule has 8 heteroatoms. The van der Waals surface area contributed by atoms with Gasteiger partial charge in [-0.15, -0.1) is 11.3 Å². The van der Waals surface area contributed by atoms with E-state index >= 15 is 0 Å². The number of hydrogen-bond donors (Lipinski definition) is 2. The SMILES string of the molecule is CC(C)C[C@H](NC(=O)C1CC1)c1nc(C(=O)Nc2cccc(Cl)c2F)cs1. The quantitative estimate of drug-likeness (QED) is 0.689. The van der Waals surface area contributed by atoms with Crippen molar-refractivity contribution in [2.75, 3.05) is 5.32 Å². The lowest BCUT2D eigenvalue weighted by Crippen LogP contribution is -2.30. The minimum atomic E-state index is -0.683. The van der Waals surface area contributed by atoms with Crippen LogP contribution in [0.3, 0.4) is 0 Å². The lowest BCUT2D eigenvalue weighted by molar-refractivity contribution is -0.123. The zero-order valence-corrected chi connectivity index (χ0v) is 16.7. The second kappa shape index (κ2) is 8.35. The van der Waals surface area contributed by atoms with E-state index in [2.05, 4.69) is 29.5 Å². The summed E-state index contributed by atoms with van der Waals surface area (Å²) in [5.74, 6) is -0.694. The molecule has 2 N–H and O–H groups in total. The van der Waals surface area contributed by atoms with E-state index in [0.29, 0.717) is 10.9 Å². The van der Waals surface area contributed by atoms with Crippen molar-refractivity contribution in [2.24, 2.45) is 11.8 Å². The molecule has 0 spiro atoms. The Labute approximate surface area is 166 Å². The first-order valence-electron chi connectivity index (χ1n) is 8.86. The summed E-state index contributed by atoms with van der Waals surface area (Å²) in [5, 5.41) is 7.76. The molecule has 1 aliphatic carbocycles. The van der Waals surface area contributed by atoms with E-state index in [1.54, 1.807) is 11.4 Å². The highest BCUT2D eigenvalue weighted by atomic mass is 35.5. The Balaban J connectivity index is 1.73. The van der Waals surface area contributed by atoms with Gasteiger partial charge in [0.1, 0.15) is 10.7 Å². The van der Waals surface area contributed by atoms with Gasteiger partial charge in [-0.3, -0.25) is 9.59 Å². The molecular weight excluding hydrogens is 389 g/mol. The normalized spacial score (nSPS) is 14.9. The molecule has 2 aromatic rings. The van der Waals surface area contributed by atoms with Gasteiger partial charge in [-0.2, -0.15) is 0 Å². The smallest absolute Gasteiger partial charge is 0.275 e. The molecule has 1 aromatic carbocycles. The number of rotatable bonds is 7. The molecule has 0 aliphatic heterocycles. The molecule has 1 heterocycles. The first kappa shape index (κ1) is 19.8.